The summed E-state index contributed by atoms with van der Waals surface area (Å²) in [7, 11) is 0. The highest BCUT2D eigenvalue weighted by molar-refractivity contribution is 5.91. The molecule has 0 aromatic heterocycles. The van der Waals surface area contributed by atoms with Gasteiger partial charge in [0.2, 0.25) is 0 Å². The molecule has 3 rings (SSSR count). The zero-order valence-corrected chi connectivity index (χ0v) is 12.1. The van der Waals surface area contributed by atoms with Gasteiger partial charge in [0.25, 0.3) is 0 Å². The van der Waals surface area contributed by atoms with Crippen molar-refractivity contribution < 1.29 is 14.3 Å². The number of hydrogen-bond donors (Lipinski definition) is 0. The lowest BCUT2D eigenvalue weighted by molar-refractivity contribution is -0.119. The molecule has 4 nitrogen and oxygen atoms in total. The van der Waals surface area contributed by atoms with Crippen LogP contribution in [0.2, 0.25) is 0 Å². The van der Waals surface area contributed by atoms with Crippen molar-refractivity contribution in [2.75, 3.05) is 6.54 Å². The Hall–Kier alpha value is -2.62. The minimum atomic E-state index is -0.524. The Morgan fingerprint density at radius 2 is 1.68 bits per heavy atom. The van der Waals surface area contributed by atoms with Crippen LogP contribution in [0.25, 0.3) is 0 Å². The quantitative estimate of drug-likeness (QED) is 0.872. The maximum absolute atomic E-state index is 12.3. The fourth-order valence-corrected chi connectivity index (χ4v) is 2.67. The van der Waals surface area contributed by atoms with Crippen molar-refractivity contribution in [3.63, 3.8) is 0 Å². The summed E-state index contributed by atoms with van der Waals surface area (Å²) >= 11 is 0. The summed E-state index contributed by atoms with van der Waals surface area (Å²) in [6.07, 6.45) is -0.0662. The number of carbonyl (C=O) groups is 2. The van der Waals surface area contributed by atoms with Crippen LogP contribution in [-0.2, 0) is 16.1 Å². The standard InChI is InChI=1S/C18H17NO3/c20-16-11-12-19(17(16)15-9-5-2-6-10-15)18(21)22-13-14-7-3-1-4-8-14/h1-10,17H,11-13H2. The first kappa shape index (κ1) is 14.3. The minimum Gasteiger partial charge on any atom is -0.445 e. The summed E-state index contributed by atoms with van der Waals surface area (Å²) in [4.78, 5) is 25.9. The smallest absolute Gasteiger partial charge is 0.411 e. The Balaban J connectivity index is 1.70. The van der Waals surface area contributed by atoms with Gasteiger partial charge in [0.1, 0.15) is 12.6 Å². The highest BCUT2D eigenvalue weighted by atomic mass is 16.6. The van der Waals surface area contributed by atoms with Gasteiger partial charge in [-0.15, -0.1) is 0 Å². The van der Waals surface area contributed by atoms with E-state index >= 15 is 0 Å². The van der Waals surface area contributed by atoms with Gasteiger partial charge in [0.15, 0.2) is 5.78 Å². The number of carbonyl (C=O) groups excluding carboxylic acids is 2. The molecule has 2 aromatic carbocycles. The van der Waals surface area contributed by atoms with E-state index in [1.165, 1.54) is 4.90 Å². The van der Waals surface area contributed by atoms with Crippen LogP contribution in [0.5, 0.6) is 0 Å². The van der Waals surface area contributed by atoms with Gasteiger partial charge in [-0.2, -0.15) is 0 Å². The Morgan fingerprint density at radius 3 is 2.36 bits per heavy atom. The van der Waals surface area contributed by atoms with Gasteiger partial charge in [-0.05, 0) is 11.1 Å². The molecular formula is C18H17NO3. The van der Waals surface area contributed by atoms with Gasteiger partial charge in [-0.1, -0.05) is 60.7 Å². The van der Waals surface area contributed by atoms with Crippen LogP contribution >= 0.6 is 0 Å². The third-order valence-electron chi connectivity index (χ3n) is 3.77. The molecule has 0 aliphatic carbocycles. The van der Waals surface area contributed by atoms with E-state index in [0.29, 0.717) is 13.0 Å². The molecule has 1 heterocycles. The predicted molar refractivity (Wildman–Crippen MR) is 82.1 cm³/mol. The van der Waals surface area contributed by atoms with Crippen molar-refractivity contribution in [2.45, 2.75) is 19.1 Å². The van der Waals surface area contributed by atoms with Crippen LogP contribution in [0.15, 0.2) is 60.7 Å². The number of amides is 1. The van der Waals surface area contributed by atoms with Crippen molar-refractivity contribution in [1.29, 1.82) is 0 Å². The second-order valence-corrected chi connectivity index (χ2v) is 5.26. The van der Waals surface area contributed by atoms with Crippen LogP contribution in [0, 0.1) is 0 Å². The molecule has 1 aliphatic heterocycles. The van der Waals surface area contributed by atoms with Gasteiger partial charge in [0.05, 0.1) is 0 Å². The topological polar surface area (TPSA) is 46.6 Å². The van der Waals surface area contributed by atoms with E-state index in [9.17, 15) is 9.59 Å². The number of nitrogens with zero attached hydrogens (tertiary/aromatic N) is 1. The summed E-state index contributed by atoms with van der Waals surface area (Å²) < 4.78 is 5.35. The third-order valence-corrected chi connectivity index (χ3v) is 3.77. The van der Waals surface area contributed by atoms with Crippen LogP contribution in [0.1, 0.15) is 23.6 Å². The molecule has 0 saturated carbocycles. The van der Waals surface area contributed by atoms with Crippen molar-refractivity contribution in [3.05, 3.63) is 71.8 Å². The molecule has 112 valence electrons. The average Bonchev–Trinajstić information content (AvgIpc) is 2.96. The summed E-state index contributed by atoms with van der Waals surface area (Å²) in [5.41, 5.74) is 1.76. The van der Waals surface area contributed by atoms with Crippen molar-refractivity contribution in [2.24, 2.45) is 0 Å². The molecule has 1 saturated heterocycles. The molecule has 0 N–H and O–H groups in total. The van der Waals surface area contributed by atoms with Gasteiger partial charge in [-0.25, -0.2) is 4.79 Å². The van der Waals surface area contributed by atoms with Crippen molar-refractivity contribution >= 4 is 11.9 Å². The zero-order chi connectivity index (χ0) is 15.4. The summed E-state index contributed by atoms with van der Waals surface area (Å²) in [6, 6.07) is 18.3. The highest BCUT2D eigenvalue weighted by Gasteiger charge is 2.37. The fraction of sp³-hybridized carbons (Fsp3) is 0.222. The van der Waals surface area contributed by atoms with E-state index in [4.69, 9.17) is 4.74 Å². The first-order valence-corrected chi connectivity index (χ1v) is 7.30. The number of hydrogen-bond acceptors (Lipinski definition) is 3. The number of benzene rings is 2. The average molecular weight is 295 g/mol. The van der Waals surface area contributed by atoms with Gasteiger partial charge >= 0.3 is 6.09 Å². The monoisotopic (exact) mass is 295 g/mol. The second kappa shape index (κ2) is 6.43. The van der Waals surface area contributed by atoms with E-state index in [-0.39, 0.29) is 12.4 Å². The summed E-state index contributed by atoms with van der Waals surface area (Å²) in [6.45, 7) is 0.623. The van der Waals surface area contributed by atoms with Gasteiger partial charge < -0.3 is 4.74 Å². The van der Waals surface area contributed by atoms with E-state index in [2.05, 4.69) is 0 Å². The number of ketones is 1. The fourth-order valence-electron chi connectivity index (χ4n) is 2.67. The number of rotatable bonds is 3. The molecule has 1 fully saturated rings. The molecule has 1 amide bonds. The molecule has 1 unspecified atom stereocenters. The molecule has 4 heteroatoms. The largest absolute Gasteiger partial charge is 0.445 e. The van der Waals surface area contributed by atoms with E-state index in [1.54, 1.807) is 0 Å². The highest BCUT2D eigenvalue weighted by Crippen LogP contribution is 2.29. The lowest BCUT2D eigenvalue weighted by Gasteiger charge is -2.23. The Bertz CT molecular complexity index is 655. The predicted octanol–water partition coefficient (Wildman–Crippen LogP) is 3.34. The van der Waals surface area contributed by atoms with Crippen LogP contribution in [-0.4, -0.2) is 23.3 Å². The number of ether oxygens (including phenoxy) is 1. The molecule has 22 heavy (non-hydrogen) atoms. The Kier molecular flexibility index (Phi) is 4.19. The first-order valence-electron chi connectivity index (χ1n) is 7.30. The molecule has 0 bridgehead atoms. The number of Topliss-reactive ketones (excluding diaryl/α,β-unsaturated/α-hetero) is 1. The lowest BCUT2D eigenvalue weighted by Crippen LogP contribution is -2.32. The summed E-state index contributed by atoms with van der Waals surface area (Å²) in [5.74, 6) is 0.0582. The maximum Gasteiger partial charge on any atom is 0.411 e. The van der Waals surface area contributed by atoms with Gasteiger partial charge in [0, 0.05) is 13.0 Å². The van der Waals surface area contributed by atoms with Crippen LogP contribution in [0.3, 0.4) is 0 Å². The van der Waals surface area contributed by atoms with Crippen LogP contribution in [0.4, 0.5) is 4.79 Å². The van der Waals surface area contributed by atoms with Crippen molar-refractivity contribution in [1.82, 2.24) is 4.90 Å². The first-order chi connectivity index (χ1) is 10.8. The maximum atomic E-state index is 12.3. The van der Waals surface area contributed by atoms with Gasteiger partial charge in [-0.3, -0.25) is 9.69 Å². The van der Waals surface area contributed by atoms with E-state index in [0.717, 1.165) is 11.1 Å². The Morgan fingerprint density at radius 1 is 1.05 bits per heavy atom. The second-order valence-electron chi connectivity index (χ2n) is 5.26. The molecule has 1 atom stereocenters. The van der Waals surface area contributed by atoms with Crippen molar-refractivity contribution in [3.8, 4) is 0 Å². The third kappa shape index (κ3) is 3.01. The molecular weight excluding hydrogens is 278 g/mol. The lowest BCUT2D eigenvalue weighted by atomic mass is 10.0. The molecule has 2 aromatic rings. The summed E-state index contributed by atoms with van der Waals surface area (Å²) in [5, 5.41) is 0. The molecule has 0 radical (unpaired) electrons. The normalized spacial score (nSPS) is 17.5. The van der Waals surface area contributed by atoms with Crippen LogP contribution < -0.4 is 0 Å². The van der Waals surface area contributed by atoms with E-state index in [1.807, 2.05) is 60.7 Å². The zero-order valence-electron chi connectivity index (χ0n) is 12.1. The SMILES string of the molecule is O=C1CCN(C(=O)OCc2ccccc2)C1c1ccccc1. The molecule has 0 spiro atoms. The Labute approximate surface area is 129 Å². The van der Waals surface area contributed by atoms with E-state index < -0.39 is 12.1 Å². The molecule has 1 aliphatic rings. The minimum absolute atomic E-state index is 0.0582. The number of likely N-dealkylation sites (tertiary alicyclic amines) is 1.